The number of hydrogen-bond donors (Lipinski definition) is 1. The average molecular weight is 422 g/mol. The van der Waals surface area contributed by atoms with Gasteiger partial charge in [-0.15, -0.1) is 0 Å². The molecule has 28 heavy (non-hydrogen) atoms. The van der Waals surface area contributed by atoms with E-state index in [0.717, 1.165) is 0 Å². The number of carbonyl (C=O) groups excluding carboxylic acids is 2. The Morgan fingerprint density at radius 2 is 1.96 bits per heavy atom. The Bertz CT molecular complexity index is 1010. The number of thiophene rings is 1. The normalized spacial score (nSPS) is 20.2. The maximum absolute atomic E-state index is 13.0. The van der Waals surface area contributed by atoms with Crippen LogP contribution in [0.15, 0.2) is 39.9 Å². The van der Waals surface area contributed by atoms with E-state index in [2.05, 4.69) is 5.32 Å². The number of benzene rings is 1. The lowest BCUT2D eigenvalue weighted by molar-refractivity contribution is -0.122. The number of rotatable bonds is 3. The van der Waals surface area contributed by atoms with Crippen molar-refractivity contribution in [2.45, 2.75) is 17.9 Å². The van der Waals surface area contributed by atoms with Crippen LogP contribution in [-0.4, -0.2) is 61.7 Å². The Morgan fingerprint density at radius 1 is 1.21 bits per heavy atom. The first kappa shape index (κ1) is 18.9. The number of anilines is 1. The summed E-state index contributed by atoms with van der Waals surface area (Å²) in [5.74, 6) is 0.0425. The van der Waals surface area contributed by atoms with Crippen molar-refractivity contribution in [3.63, 3.8) is 0 Å². The number of carbonyl (C=O) groups is 2. The maximum atomic E-state index is 13.0. The van der Waals surface area contributed by atoms with Crippen LogP contribution in [-0.2, 0) is 14.8 Å². The van der Waals surface area contributed by atoms with E-state index < -0.39 is 16.1 Å². The smallest absolute Gasteiger partial charge is 0.265 e. The molecule has 0 bridgehead atoms. The second kappa shape index (κ2) is 7.19. The van der Waals surface area contributed by atoms with Crippen molar-refractivity contribution >= 4 is 38.9 Å². The molecule has 148 valence electrons. The third kappa shape index (κ3) is 3.38. The van der Waals surface area contributed by atoms with Crippen LogP contribution in [0.2, 0.25) is 0 Å². The molecule has 0 unspecified atom stereocenters. The third-order valence-corrected chi connectivity index (χ3v) is 7.39. The molecule has 2 amide bonds. The minimum Gasteiger partial charge on any atom is -0.479 e. The zero-order chi connectivity index (χ0) is 19.9. The monoisotopic (exact) mass is 421 g/mol. The molecule has 4 rings (SSSR count). The average Bonchev–Trinajstić information content (AvgIpc) is 3.23. The molecule has 2 aliphatic heterocycles. The molecule has 1 N–H and O–H groups in total. The van der Waals surface area contributed by atoms with Crippen molar-refractivity contribution in [2.24, 2.45) is 0 Å². The quantitative estimate of drug-likeness (QED) is 0.812. The van der Waals surface area contributed by atoms with Gasteiger partial charge in [0, 0.05) is 31.6 Å². The summed E-state index contributed by atoms with van der Waals surface area (Å²) in [5, 5.41) is 6.29. The topological polar surface area (TPSA) is 96.0 Å². The molecule has 0 saturated carbocycles. The molecule has 1 atom stereocenters. The van der Waals surface area contributed by atoms with Gasteiger partial charge in [-0.1, -0.05) is 0 Å². The van der Waals surface area contributed by atoms with Crippen LogP contribution in [0.1, 0.15) is 17.3 Å². The van der Waals surface area contributed by atoms with E-state index in [-0.39, 0.29) is 29.8 Å². The van der Waals surface area contributed by atoms with Crippen LogP contribution in [0.4, 0.5) is 5.69 Å². The summed E-state index contributed by atoms with van der Waals surface area (Å²) in [4.78, 5) is 25.9. The fourth-order valence-corrected chi connectivity index (χ4v) is 5.28. The summed E-state index contributed by atoms with van der Waals surface area (Å²) in [5.41, 5.74) is 0.969. The van der Waals surface area contributed by atoms with Crippen LogP contribution in [0.3, 0.4) is 0 Å². The standard InChI is InChI=1S/C18H19N3O5S2/c1-12-17(22)19-15-10-14(2-3-16(15)26-12)28(24,25)21-7-5-20(6-8-21)18(23)13-4-9-27-11-13/h2-4,9-12H,5-8H2,1H3,(H,19,22)/t12-/m0/s1. The van der Waals surface area contributed by atoms with Crippen LogP contribution in [0, 0.1) is 0 Å². The molecular formula is C18H19N3O5S2. The number of nitrogens with one attached hydrogen (secondary N) is 1. The zero-order valence-electron chi connectivity index (χ0n) is 15.1. The number of hydrogen-bond acceptors (Lipinski definition) is 6. The van der Waals surface area contributed by atoms with E-state index in [1.54, 1.807) is 29.3 Å². The molecule has 1 aromatic heterocycles. The molecule has 0 spiro atoms. The SMILES string of the molecule is C[C@@H]1Oc2ccc(S(=O)(=O)N3CCN(C(=O)c4ccsc4)CC3)cc2NC1=O. The van der Waals surface area contributed by atoms with Crippen molar-refractivity contribution in [2.75, 3.05) is 31.5 Å². The Labute approximate surface area is 166 Å². The summed E-state index contributed by atoms with van der Waals surface area (Å²) in [6.07, 6.45) is -0.621. The van der Waals surface area contributed by atoms with Gasteiger partial charge < -0.3 is 15.0 Å². The molecule has 8 nitrogen and oxygen atoms in total. The summed E-state index contributed by atoms with van der Waals surface area (Å²) < 4.78 is 32.8. The van der Waals surface area contributed by atoms with Crippen LogP contribution < -0.4 is 10.1 Å². The molecule has 2 aromatic rings. The predicted molar refractivity (Wildman–Crippen MR) is 104 cm³/mol. The van der Waals surface area contributed by atoms with Gasteiger partial charge in [0.2, 0.25) is 10.0 Å². The largest absolute Gasteiger partial charge is 0.479 e. The second-order valence-electron chi connectivity index (χ2n) is 6.62. The molecule has 0 radical (unpaired) electrons. The zero-order valence-corrected chi connectivity index (χ0v) is 16.8. The van der Waals surface area contributed by atoms with E-state index in [1.807, 2.05) is 5.38 Å². The van der Waals surface area contributed by atoms with Crippen LogP contribution in [0.5, 0.6) is 5.75 Å². The fourth-order valence-electron chi connectivity index (χ4n) is 3.20. The number of piperazine rings is 1. The number of ether oxygens (including phenoxy) is 1. The molecule has 1 saturated heterocycles. The highest BCUT2D eigenvalue weighted by molar-refractivity contribution is 7.89. The Hall–Kier alpha value is -2.43. The highest BCUT2D eigenvalue weighted by Crippen LogP contribution is 2.33. The van der Waals surface area contributed by atoms with Crippen molar-refractivity contribution in [1.82, 2.24) is 9.21 Å². The molecule has 2 aliphatic rings. The fraction of sp³-hybridized carbons (Fsp3) is 0.333. The van der Waals surface area contributed by atoms with Gasteiger partial charge in [0.25, 0.3) is 11.8 Å². The lowest BCUT2D eigenvalue weighted by atomic mass is 10.2. The Balaban J connectivity index is 1.48. The number of amides is 2. The Kier molecular flexibility index (Phi) is 4.86. The molecular weight excluding hydrogens is 402 g/mol. The summed E-state index contributed by atoms with van der Waals surface area (Å²) in [6.45, 7) is 2.72. The van der Waals surface area contributed by atoms with Crippen molar-refractivity contribution in [3.05, 3.63) is 40.6 Å². The minimum atomic E-state index is -3.74. The van der Waals surface area contributed by atoms with E-state index in [4.69, 9.17) is 4.74 Å². The molecule has 0 aliphatic carbocycles. The van der Waals surface area contributed by atoms with Gasteiger partial charge in [0.05, 0.1) is 16.1 Å². The first-order chi connectivity index (χ1) is 13.4. The van der Waals surface area contributed by atoms with E-state index in [9.17, 15) is 18.0 Å². The predicted octanol–water partition coefficient (Wildman–Crippen LogP) is 1.61. The van der Waals surface area contributed by atoms with E-state index in [1.165, 1.54) is 27.8 Å². The van der Waals surface area contributed by atoms with E-state index in [0.29, 0.717) is 30.1 Å². The van der Waals surface area contributed by atoms with Crippen molar-refractivity contribution in [3.8, 4) is 5.75 Å². The second-order valence-corrected chi connectivity index (χ2v) is 9.33. The molecule has 1 aromatic carbocycles. The lowest BCUT2D eigenvalue weighted by Gasteiger charge is -2.34. The number of fused-ring (bicyclic) bond motifs is 1. The third-order valence-electron chi connectivity index (χ3n) is 4.81. The summed E-state index contributed by atoms with van der Waals surface area (Å²) in [7, 11) is -3.74. The van der Waals surface area contributed by atoms with Crippen LogP contribution in [0.25, 0.3) is 0 Å². The summed E-state index contributed by atoms with van der Waals surface area (Å²) in [6, 6.07) is 6.20. The van der Waals surface area contributed by atoms with Gasteiger partial charge in [-0.25, -0.2) is 8.42 Å². The highest BCUT2D eigenvalue weighted by atomic mass is 32.2. The lowest BCUT2D eigenvalue weighted by Crippen LogP contribution is -2.50. The Morgan fingerprint density at radius 3 is 2.64 bits per heavy atom. The molecule has 3 heterocycles. The molecule has 10 heteroatoms. The highest BCUT2D eigenvalue weighted by Gasteiger charge is 2.32. The van der Waals surface area contributed by atoms with Gasteiger partial charge in [-0.05, 0) is 36.6 Å². The first-order valence-corrected chi connectivity index (χ1v) is 11.2. The minimum absolute atomic E-state index is 0.0824. The molecule has 1 fully saturated rings. The van der Waals surface area contributed by atoms with Gasteiger partial charge >= 0.3 is 0 Å². The number of nitrogens with zero attached hydrogens (tertiary/aromatic N) is 2. The van der Waals surface area contributed by atoms with E-state index >= 15 is 0 Å². The van der Waals surface area contributed by atoms with Gasteiger partial charge in [-0.3, -0.25) is 9.59 Å². The summed E-state index contributed by atoms with van der Waals surface area (Å²) >= 11 is 1.45. The first-order valence-electron chi connectivity index (χ1n) is 8.79. The van der Waals surface area contributed by atoms with Crippen molar-refractivity contribution in [1.29, 1.82) is 0 Å². The van der Waals surface area contributed by atoms with Crippen LogP contribution >= 0.6 is 11.3 Å². The number of sulfonamides is 1. The van der Waals surface area contributed by atoms with Gasteiger partial charge in [-0.2, -0.15) is 15.6 Å². The maximum Gasteiger partial charge on any atom is 0.265 e. The van der Waals surface area contributed by atoms with Crippen molar-refractivity contribution < 1.29 is 22.7 Å². The van der Waals surface area contributed by atoms with Gasteiger partial charge in [0.15, 0.2) is 6.10 Å². The van der Waals surface area contributed by atoms with Gasteiger partial charge in [0.1, 0.15) is 5.75 Å².